The van der Waals surface area contributed by atoms with E-state index in [-0.39, 0.29) is 5.91 Å². The van der Waals surface area contributed by atoms with Gasteiger partial charge in [0.1, 0.15) is 11.4 Å². The van der Waals surface area contributed by atoms with E-state index in [4.69, 9.17) is 4.74 Å². The van der Waals surface area contributed by atoms with E-state index >= 15 is 0 Å². The molecular weight excluding hydrogens is 254 g/mol. The van der Waals surface area contributed by atoms with Crippen molar-refractivity contribution in [3.05, 3.63) is 23.5 Å². The highest BCUT2D eigenvalue weighted by atomic mass is 16.5. The Bertz CT molecular complexity index is 632. The number of carbonyl (C=O) groups is 1. The summed E-state index contributed by atoms with van der Waals surface area (Å²) in [5.74, 6) is 0.755. The fourth-order valence-electron chi connectivity index (χ4n) is 2.62. The van der Waals surface area contributed by atoms with Crippen molar-refractivity contribution < 1.29 is 9.53 Å². The standard InChI is InChI=1S/C15H21N3O2/c1-5-14-12(6-7-16-10(2)19)13-8-11(20-4)9-17-15(13)18(14)3/h8-9H,5-7H2,1-4H3,(H,16,19). The maximum absolute atomic E-state index is 11.0. The molecule has 0 unspecified atom stereocenters. The Labute approximate surface area is 118 Å². The number of hydrogen-bond donors (Lipinski definition) is 1. The topological polar surface area (TPSA) is 56.1 Å². The molecule has 108 valence electrons. The van der Waals surface area contributed by atoms with Crippen LogP contribution in [0.5, 0.6) is 5.75 Å². The second kappa shape index (κ2) is 5.94. The van der Waals surface area contributed by atoms with Crippen molar-refractivity contribution in [1.29, 1.82) is 0 Å². The number of fused-ring (bicyclic) bond motifs is 1. The highest BCUT2D eigenvalue weighted by Gasteiger charge is 2.15. The molecule has 0 aliphatic carbocycles. The minimum atomic E-state index is -0.000935. The van der Waals surface area contributed by atoms with Gasteiger partial charge in [-0.2, -0.15) is 0 Å². The molecule has 1 amide bonds. The van der Waals surface area contributed by atoms with Gasteiger partial charge in [-0.3, -0.25) is 4.79 Å². The Morgan fingerprint density at radius 1 is 1.50 bits per heavy atom. The van der Waals surface area contributed by atoms with Crippen molar-refractivity contribution in [1.82, 2.24) is 14.9 Å². The number of nitrogens with zero attached hydrogens (tertiary/aromatic N) is 2. The van der Waals surface area contributed by atoms with Crippen LogP contribution in [0.1, 0.15) is 25.1 Å². The van der Waals surface area contributed by atoms with Crippen molar-refractivity contribution in [3.63, 3.8) is 0 Å². The number of rotatable bonds is 5. The van der Waals surface area contributed by atoms with Crippen molar-refractivity contribution in [2.24, 2.45) is 7.05 Å². The maximum atomic E-state index is 11.0. The highest BCUT2D eigenvalue weighted by Crippen LogP contribution is 2.27. The zero-order valence-electron chi connectivity index (χ0n) is 12.5. The smallest absolute Gasteiger partial charge is 0.216 e. The molecule has 0 atom stereocenters. The van der Waals surface area contributed by atoms with Gasteiger partial charge >= 0.3 is 0 Å². The van der Waals surface area contributed by atoms with Crippen LogP contribution >= 0.6 is 0 Å². The van der Waals surface area contributed by atoms with E-state index in [9.17, 15) is 4.79 Å². The average Bonchev–Trinajstić information content (AvgIpc) is 2.70. The van der Waals surface area contributed by atoms with Gasteiger partial charge in [0.2, 0.25) is 5.91 Å². The Hall–Kier alpha value is -2.04. The monoisotopic (exact) mass is 275 g/mol. The lowest BCUT2D eigenvalue weighted by atomic mass is 10.1. The number of methoxy groups -OCH3 is 1. The van der Waals surface area contributed by atoms with Crippen LogP contribution in [-0.4, -0.2) is 29.1 Å². The Kier molecular flexibility index (Phi) is 4.27. The van der Waals surface area contributed by atoms with Gasteiger partial charge in [-0.1, -0.05) is 6.92 Å². The van der Waals surface area contributed by atoms with E-state index in [1.165, 1.54) is 18.2 Å². The lowest BCUT2D eigenvalue weighted by Crippen LogP contribution is -2.22. The van der Waals surface area contributed by atoms with Crippen LogP contribution in [0.3, 0.4) is 0 Å². The average molecular weight is 275 g/mol. The molecule has 0 aliphatic heterocycles. The summed E-state index contributed by atoms with van der Waals surface area (Å²) in [6, 6.07) is 2.02. The fourth-order valence-corrected chi connectivity index (χ4v) is 2.62. The van der Waals surface area contributed by atoms with Gasteiger partial charge in [0.25, 0.3) is 0 Å². The van der Waals surface area contributed by atoms with Gasteiger partial charge in [-0.05, 0) is 24.5 Å². The van der Waals surface area contributed by atoms with Gasteiger partial charge in [0.05, 0.1) is 13.3 Å². The molecule has 1 N–H and O–H groups in total. The summed E-state index contributed by atoms with van der Waals surface area (Å²) < 4.78 is 7.38. The number of carbonyl (C=O) groups excluding carboxylic acids is 1. The summed E-state index contributed by atoms with van der Waals surface area (Å²) in [5, 5.41) is 3.95. The summed E-state index contributed by atoms with van der Waals surface area (Å²) in [7, 11) is 3.67. The van der Waals surface area contributed by atoms with Crippen LogP contribution in [0.25, 0.3) is 11.0 Å². The Morgan fingerprint density at radius 2 is 2.25 bits per heavy atom. The molecule has 0 saturated heterocycles. The normalized spacial score (nSPS) is 10.8. The van der Waals surface area contributed by atoms with E-state index in [1.807, 2.05) is 13.1 Å². The predicted molar refractivity (Wildman–Crippen MR) is 79.0 cm³/mol. The molecule has 0 aliphatic rings. The van der Waals surface area contributed by atoms with Gasteiger partial charge in [-0.15, -0.1) is 0 Å². The van der Waals surface area contributed by atoms with Crippen LogP contribution in [0.2, 0.25) is 0 Å². The first-order valence-corrected chi connectivity index (χ1v) is 6.83. The molecule has 0 aromatic carbocycles. The summed E-state index contributed by atoms with van der Waals surface area (Å²) in [5.41, 5.74) is 3.46. The van der Waals surface area contributed by atoms with Crippen molar-refractivity contribution >= 4 is 16.9 Å². The van der Waals surface area contributed by atoms with Gasteiger partial charge in [-0.25, -0.2) is 4.98 Å². The molecule has 20 heavy (non-hydrogen) atoms. The van der Waals surface area contributed by atoms with E-state index in [1.54, 1.807) is 13.3 Å². The number of nitrogens with one attached hydrogen (secondary N) is 1. The van der Waals surface area contributed by atoms with Crippen LogP contribution in [0.15, 0.2) is 12.3 Å². The summed E-state index contributed by atoms with van der Waals surface area (Å²) in [6.45, 7) is 4.31. The Balaban J connectivity index is 2.45. The quantitative estimate of drug-likeness (QED) is 0.905. The zero-order valence-corrected chi connectivity index (χ0v) is 12.5. The summed E-state index contributed by atoms with van der Waals surface area (Å²) in [6.07, 6.45) is 3.47. The van der Waals surface area contributed by atoms with Crippen LogP contribution < -0.4 is 10.1 Å². The van der Waals surface area contributed by atoms with E-state index in [2.05, 4.69) is 21.8 Å². The van der Waals surface area contributed by atoms with Crippen molar-refractivity contribution in [2.45, 2.75) is 26.7 Å². The third-order valence-corrected chi connectivity index (χ3v) is 3.56. The number of pyridine rings is 1. The van der Waals surface area contributed by atoms with E-state index < -0.39 is 0 Å². The Morgan fingerprint density at radius 3 is 2.85 bits per heavy atom. The lowest BCUT2D eigenvalue weighted by molar-refractivity contribution is -0.118. The predicted octanol–water partition coefficient (Wildman–Crippen LogP) is 1.82. The van der Waals surface area contributed by atoms with E-state index in [0.29, 0.717) is 6.54 Å². The molecule has 2 rings (SSSR count). The van der Waals surface area contributed by atoms with Crippen LogP contribution in [0.4, 0.5) is 0 Å². The third kappa shape index (κ3) is 2.61. The second-order valence-electron chi connectivity index (χ2n) is 4.82. The number of aromatic nitrogens is 2. The molecule has 0 fully saturated rings. The minimum absolute atomic E-state index is 0.000935. The molecule has 2 aromatic rings. The van der Waals surface area contributed by atoms with Gasteiger partial charge < -0.3 is 14.6 Å². The van der Waals surface area contributed by atoms with Crippen molar-refractivity contribution in [3.8, 4) is 5.75 Å². The summed E-state index contributed by atoms with van der Waals surface area (Å²) >= 11 is 0. The van der Waals surface area contributed by atoms with Gasteiger partial charge in [0.15, 0.2) is 0 Å². The molecule has 2 heterocycles. The van der Waals surface area contributed by atoms with Gasteiger partial charge in [0, 0.05) is 31.6 Å². The second-order valence-corrected chi connectivity index (χ2v) is 4.82. The first-order chi connectivity index (χ1) is 9.58. The number of amides is 1. The number of hydrogen-bond acceptors (Lipinski definition) is 3. The third-order valence-electron chi connectivity index (χ3n) is 3.56. The molecule has 0 spiro atoms. The van der Waals surface area contributed by atoms with E-state index in [0.717, 1.165) is 29.6 Å². The molecule has 5 nitrogen and oxygen atoms in total. The largest absolute Gasteiger partial charge is 0.495 e. The molecule has 2 aromatic heterocycles. The first-order valence-electron chi connectivity index (χ1n) is 6.83. The van der Waals surface area contributed by atoms with Crippen molar-refractivity contribution in [2.75, 3.05) is 13.7 Å². The maximum Gasteiger partial charge on any atom is 0.216 e. The number of ether oxygens (including phenoxy) is 1. The minimum Gasteiger partial charge on any atom is -0.495 e. The molecular formula is C15H21N3O2. The SMILES string of the molecule is CCc1c(CCNC(C)=O)c2cc(OC)cnc2n1C. The highest BCUT2D eigenvalue weighted by molar-refractivity contribution is 5.83. The zero-order chi connectivity index (χ0) is 14.7. The molecule has 0 radical (unpaired) electrons. The number of aryl methyl sites for hydroxylation is 1. The molecule has 0 saturated carbocycles. The molecule has 0 bridgehead atoms. The fraction of sp³-hybridized carbons (Fsp3) is 0.467. The molecule has 5 heteroatoms. The first kappa shape index (κ1) is 14.4. The van der Waals surface area contributed by atoms with Crippen LogP contribution in [-0.2, 0) is 24.7 Å². The lowest BCUT2D eigenvalue weighted by Gasteiger charge is -2.06. The van der Waals surface area contributed by atoms with Crippen LogP contribution in [0, 0.1) is 0 Å². The summed E-state index contributed by atoms with van der Waals surface area (Å²) in [4.78, 5) is 15.5.